The molecule has 0 fully saturated rings. The zero-order valence-corrected chi connectivity index (χ0v) is 17.8. The van der Waals surface area contributed by atoms with Crippen LogP contribution in [0.1, 0.15) is 30.0 Å². The van der Waals surface area contributed by atoms with Crippen molar-refractivity contribution in [1.82, 2.24) is 14.5 Å². The molecule has 2 amide bonds. The summed E-state index contributed by atoms with van der Waals surface area (Å²) in [5, 5.41) is 2.92. The van der Waals surface area contributed by atoms with Crippen LogP contribution < -0.4 is 5.32 Å². The van der Waals surface area contributed by atoms with Crippen LogP contribution in [0.3, 0.4) is 0 Å². The third-order valence-corrected chi connectivity index (χ3v) is 5.32. The number of para-hydroxylation sites is 2. The van der Waals surface area contributed by atoms with E-state index in [2.05, 4.69) is 10.3 Å². The van der Waals surface area contributed by atoms with Gasteiger partial charge in [0.25, 0.3) is 5.91 Å². The van der Waals surface area contributed by atoms with Gasteiger partial charge in [0, 0.05) is 24.3 Å². The molecule has 152 valence electrons. The maximum Gasteiger partial charge on any atom is 0.253 e. The maximum atomic E-state index is 12.7. The summed E-state index contributed by atoms with van der Waals surface area (Å²) < 4.78 is 1.96. The molecule has 1 aromatic heterocycles. The molecule has 0 aliphatic carbocycles. The van der Waals surface area contributed by atoms with Gasteiger partial charge in [0.1, 0.15) is 12.4 Å². The normalized spacial score (nSPS) is 10.9. The number of aromatic nitrogens is 2. The van der Waals surface area contributed by atoms with Crippen LogP contribution in [0.25, 0.3) is 11.0 Å². The molecule has 29 heavy (non-hydrogen) atoms. The van der Waals surface area contributed by atoms with E-state index in [0.29, 0.717) is 24.3 Å². The SMILES string of the molecule is CCN(CC)C(=O)c1ccc(NC(=O)Cn2c(CSC)nc3ccccc32)cc1. The van der Waals surface area contributed by atoms with Gasteiger partial charge in [-0.3, -0.25) is 9.59 Å². The number of thioether (sulfide) groups is 1. The second kappa shape index (κ2) is 9.60. The Morgan fingerprint density at radius 1 is 1.07 bits per heavy atom. The summed E-state index contributed by atoms with van der Waals surface area (Å²) >= 11 is 1.67. The molecule has 0 saturated carbocycles. The zero-order valence-electron chi connectivity index (χ0n) is 17.0. The van der Waals surface area contributed by atoms with Gasteiger partial charge in [-0.1, -0.05) is 12.1 Å². The Morgan fingerprint density at radius 2 is 1.76 bits per heavy atom. The van der Waals surface area contributed by atoms with E-state index in [1.54, 1.807) is 40.9 Å². The van der Waals surface area contributed by atoms with Gasteiger partial charge in [-0.2, -0.15) is 11.8 Å². The van der Waals surface area contributed by atoms with Crippen molar-refractivity contribution in [2.45, 2.75) is 26.1 Å². The smallest absolute Gasteiger partial charge is 0.253 e. The highest BCUT2D eigenvalue weighted by Crippen LogP contribution is 2.19. The summed E-state index contributed by atoms with van der Waals surface area (Å²) in [4.78, 5) is 31.5. The lowest BCUT2D eigenvalue weighted by atomic mass is 10.1. The Balaban J connectivity index is 1.72. The third kappa shape index (κ3) is 4.79. The van der Waals surface area contributed by atoms with Crippen LogP contribution in [0.5, 0.6) is 0 Å². The number of nitrogens with zero attached hydrogens (tertiary/aromatic N) is 3. The van der Waals surface area contributed by atoms with E-state index >= 15 is 0 Å². The Morgan fingerprint density at radius 3 is 2.41 bits per heavy atom. The lowest BCUT2D eigenvalue weighted by Crippen LogP contribution is -2.30. The number of benzene rings is 2. The summed E-state index contributed by atoms with van der Waals surface area (Å²) in [7, 11) is 0. The van der Waals surface area contributed by atoms with Crippen molar-refractivity contribution in [2.75, 3.05) is 24.7 Å². The molecule has 2 aromatic carbocycles. The molecule has 1 heterocycles. The van der Waals surface area contributed by atoms with Crippen LogP contribution in [-0.4, -0.2) is 45.6 Å². The van der Waals surface area contributed by atoms with Crippen molar-refractivity contribution in [3.8, 4) is 0 Å². The number of imidazole rings is 1. The molecule has 0 atom stereocenters. The molecule has 1 N–H and O–H groups in total. The van der Waals surface area contributed by atoms with Crippen molar-refractivity contribution >= 4 is 40.3 Å². The largest absolute Gasteiger partial charge is 0.339 e. The zero-order chi connectivity index (χ0) is 20.8. The van der Waals surface area contributed by atoms with Gasteiger partial charge in [-0.25, -0.2) is 4.98 Å². The first-order valence-electron chi connectivity index (χ1n) is 9.69. The summed E-state index contributed by atoms with van der Waals surface area (Å²) in [6.07, 6.45) is 2.02. The first kappa shape index (κ1) is 20.9. The van der Waals surface area contributed by atoms with Gasteiger partial charge >= 0.3 is 0 Å². The molecule has 0 aliphatic rings. The second-order valence-electron chi connectivity index (χ2n) is 6.64. The molecule has 0 spiro atoms. The number of fused-ring (bicyclic) bond motifs is 1. The Hall–Kier alpha value is -2.80. The average molecular weight is 411 g/mol. The first-order valence-corrected chi connectivity index (χ1v) is 11.1. The van der Waals surface area contributed by atoms with E-state index in [-0.39, 0.29) is 18.4 Å². The minimum absolute atomic E-state index is 0.000491. The maximum absolute atomic E-state index is 12.7. The fourth-order valence-electron chi connectivity index (χ4n) is 3.27. The fraction of sp³-hybridized carbons (Fsp3) is 0.318. The van der Waals surface area contributed by atoms with Gasteiger partial charge in [0.05, 0.1) is 16.8 Å². The number of hydrogen-bond acceptors (Lipinski definition) is 4. The van der Waals surface area contributed by atoms with E-state index in [0.717, 1.165) is 22.6 Å². The standard InChI is InChI=1S/C22H26N4O2S/c1-4-25(5-2)22(28)16-10-12-17(13-11-16)23-21(27)14-26-19-9-7-6-8-18(19)24-20(26)15-29-3/h6-13H,4-5,14-15H2,1-3H3,(H,23,27). The molecule has 0 radical (unpaired) electrons. The van der Waals surface area contributed by atoms with Crippen LogP contribution in [0.2, 0.25) is 0 Å². The Bertz CT molecular complexity index is 994. The van der Waals surface area contributed by atoms with Crippen molar-refractivity contribution < 1.29 is 9.59 Å². The minimum Gasteiger partial charge on any atom is -0.339 e. The van der Waals surface area contributed by atoms with E-state index in [1.165, 1.54) is 0 Å². The number of carbonyl (C=O) groups is 2. The predicted octanol–water partition coefficient (Wildman–Crippen LogP) is 4.02. The van der Waals surface area contributed by atoms with Gasteiger partial charge in [0.2, 0.25) is 5.91 Å². The molecule has 6 nitrogen and oxygen atoms in total. The highest BCUT2D eigenvalue weighted by atomic mass is 32.2. The number of anilines is 1. The molecular weight excluding hydrogens is 384 g/mol. The summed E-state index contributed by atoms with van der Waals surface area (Å²) in [6, 6.07) is 14.9. The number of carbonyl (C=O) groups excluding carboxylic acids is 2. The van der Waals surface area contributed by atoms with Gasteiger partial charge in [0.15, 0.2) is 0 Å². The fourth-order valence-corrected chi connectivity index (χ4v) is 3.75. The van der Waals surface area contributed by atoms with Crippen molar-refractivity contribution in [3.63, 3.8) is 0 Å². The van der Waals surface area contributed by atoms with Crippen LogP contribution in [-0.2, 0) is 17.1 Å². The van der Waals surface area contributed by atoms with Crippen LogP contribution in [0, 0.1) is 0 Å². The third-order valence-electron chi connectivity index (χ3n) is 4.78. The summed E-state index contributed by atoms with van der Waals surface area (Å²) in [6.45, 7) is 5.45. The van der Waals surface area contributed by atoms with Crippen molar-refractivity contribution in [2.24, 2.45) is 0 Å². The Labute approximate surface area is 175 Å². The number of amides is 2. The topological polar surface area (TPSA) is 67.2 Å². The molecule has 3 aromatic rings. The van der Waals surface area contributed by atoms with Crippen LogP contribution in [0.15, 0.2) is 48.5 Å². The highest BCUT2D eigenvalue weighted by Gasteiger charge is 2.15. The first-order chi connectivity index (χ1) is 14.1. The van der Waals surface area contributed by atoms with E-state index < -0.39 is 0 Å². The lowest BCUT2D eigenvalue weighted by Gasteiger charge is -2.18. The van der Waals surface area contributed by atoms with Crippen LogP contribution >= 0.6 is 11.8 Å². The predicted molar refractivity (Wildman–Crippen MR) is 119 cm³/mol. The van der Waals surface area contributed by atoms with Crippen molar-refractivity contribution in [1.29, 1.82) is 0 Å². The van der Waals surface area contributed by atoms with E-state index in [4.69, 9.17) is 0 Å². The molecule has 3 rings (SSSR count). The summed E-state index contributed by atoms with van der Waals surface area (Å²) in [5.74, 6) is 1.50. The molecule has 0 aliphatic heterocycles. The quantitative estimate of drug-likeness (QED) is 0.609. The molecule has 0 unspecified atom stereocenters. The average Bonchev–Trinajstić information content (AvgIpc) is 3.07. The van der Waals surface area contributed by atoms with Gasteiger partial charge < -0.3 is 14.8 Å². The van der Waals surface area contributed by atoms with E-state index in [9.17, 15) is 9.59 Å². The van der Waals surface area contributed by atoms with Gasteiger partial charge in [-0.05, 0) is 56.5 Å². The van der Waals surface area contributed by atoms with Gasteiger partial charge in [-0.15, -0.1) is 0 Å². The molecule has 7 heteroatoms. The lowest BCUT2D eigenvalue weighted by molar-refractivity contribution is -0.116. The number of nitrogens with one attached hydrogen (secondary N) is 1. The number of rotatable bonds is 8. The summed E-state index contributed by atoms with van der Waals surface area (Å²) in [5.41, 5.74) is 3.13. The Kier molecular flexibility index (Phi) is 6.93. The second-order valence-corrected chi connectivity index (χ2v) is 7.50. The molecular formula is C22H26N4O2S. The highest BCUT2D eigenvalue weighted by molar-refractivity contribution is 7.97. The van der Waals surface area contributed by atoms with E-state index in [1.807, 2.05) is 48.9 Å². The minimum atomic E-state index is -0.127. The monoisotopic (exact) mass is 410 g/mol. The van der Waals surface area contributed by atoms with Crippen LogP contribution in [0.4, 0.5) is 5.69 Å². The molecule has 0 bridgehead atoms. The molecule has 0 saturated heterocycles. The number of hydrogen-bond donors (Lipinski definition) is 1. The van der Waals surface area contributed by atoms with Crippen molar-refractivity contribution in [3.05, 3.63) is 59.9 Å².